The fraction of sp³-hybridized carbons (Fsp3) is 0.200. The van der Waals surface area contributed by atoms with Crippen molar-refractivity contribution in [3.05, 3.63) is 35.4 Å². The van der Waals surface area contributed by atoms with E-state index >= 15 is 0 Å². The lowest BCUT2D eigenvalue weighted by Crippen LogP contribution is -1.97. The minimum atomic E-state index is 0.862. The van der Waals surface area contributed by atoms with Crippen LogP contribution in [0.3, 0.4) is 0 Å². The third-order valence-electron chi connectivity index (χ3n) is 2.16. The molecule has 0 amide bonds. The molecule has 0 spiro atoms. The molecule has 1 aliphatic rings. The standard InChI is InChI=1S/C10H11NOS/c11-13-12-10-7-3-5-8-4-1-2-6-9(8)10/h2-3,5-7H,1,4,11H2. The maximum Gasteiger partial charge on any atom is 0.146 e. The van der Waals surface area contributed by atoms with Crippen molar-refractivity contribution in [1.82, 2.24) is 0 Å². The lowest BCUT2D eigenvalue weighted by molar-refractivity contribution is 0.643. The van der Waals surface area contributed by atoms with Crippen molar-refractivity contribution in [1.29, 1.82) is 0 Å². The van der Waals surface area contributed by atoms with Crippen LogP contribution >= 0.6 is 12.2 Å². The van der Waals surface area contributed by atoms with Gasteiger partial charge >= 0.3 is 0 Å². The van der Waals surface area contributed by atoms with Crippen molar-refractivity contribution in [2.75, 3.05) is 0 Å². The van der Waals surface area contributed by atoms with Crippen LogP contribution in [0.1, 0.15) is 17.5 Å². The van der Waals surface area contributed by atoms with Gasteiger partial charge in [0.15, 0.2) is 0 Å². The molecule has 13 heavy (non-hydrogen) atoms. The molecule has 1 aliphatic carbocycles. The van der Waals surface area contributed by atoms with Crippen molar-refractivity contribution in [3.8, 4) is 5.75 Å². The highest BCUT2D eigenvalue weighted by Crippen LogP contribution is 2.29. The van der Waals surface area contributed by atoms with Gasteiger partial charge in [-0.2, -0.15) is 0 Å². The molecular formula is C10H11NOS. The predicted molar refractivity (Wildman–Crippen MR) is 56.2 cm³/mol. The summed E-state index contributed by atoms with van der Waals surface area (Å²) in [5.74, 6) is 0.862. The van der Waals surface area contributed by atoms with Crippen molar-refractivity contribution in [3.63, 3.8) is 0 Å². The lowest BCUT2D eigenvalue weighted by Gasteiger charge is -2.13. The molecule has 0 fully saturated rings. The summed E-state index contributed by atoms with van der Waals surface area (Å²) in [4.78, 5) is 0. The summed E-state index contributed by atoms with van der Waals surface area (Å²) in [6.07, 6.45) is 6.48. The SMILES string of the molecule is NSOc1cccc2c1C=CCC2. The number of rotatable bonds is 2. The smallest absolute Gasteiger partial charge is 0.146 e. The van der Waals surface area contributed by atoms with Gasteiger partial charge in [0, 0.05) is 5.56 Å². The lowest BCUT2D eigenvalue weighted by atomic mass is 9.97. The highest BCUT2D eigenvalue weighted by molar-refractivity contribution is 7.92. The molecule has 0 unspecified atom stereocenters. The number of benzene rings is 1. The van der Waals surface area contributed by atoms with Gasteiger partial charge < -0.3 is 4.18 Å². The van der Waals surface area contributed by atoms with Crippen LogP contribution in [0.4, 0.5) is 0 Å². The zero-order chi connectivity index (χ0) is 9.10. The van der Waals surface area contributed by atoms with Crippen molar-refractivity contribution < 1.29 is 4.18 Å². The van der Waals surface area contributed by atoms with Gasteiger partial charge in [0.05, 0.1) is 0 Å². The molecule has 0 heterocycles. The summed E-state index contributed by atoms with van der Waals surface area (Å²) in [6.45, 7) is 0. The third-order valence-corrected chi connectivity index (χ3v) is 2.43. The van der Waals surface area contributed by atoms with Crippen LogP contribution in [0.2, 0.25) is 0 Å². The van der Waals surface area contributed by atoms with E-state index in [1.165, 1.54) is 11.1 Å². The van der Waals surface area contributed by atoms with Gasteiger partial charge in [-0.25, -0.2) is 5.14 Å². The van der Waals surface area contributed by atoms with E-state index in [1.54, 1.807) is 0 Å². The molecule has 3 heteroatoms. The number of fused-ring (bicyclic) bond motifs is 1. The molecule has 1 aromatic carbocycles. The molecule has 68 valence electrons. The monoisotopic (exact) mass is 193 g/mol. The minimum absolute atomic E-state index is 0.862. The van der Waals surface area contributed by atoms with Gasteiger partial charge in [-0.15, -0.1) is 0 Å². The normalized spacial score (nSPS) is 13.9. The zero-order valence-electron chi connectivity index (χ0n) is 7.19. The number of allylic oxidation sites excluding steroid dienone is 1. The van der Waals surface area contributed by atoms with Crippen LogP contribution in [-0.4, -0.2) is 0 Å². The first kappa shape index (κ1) is 8.66. The zero-order valence-corrected chi connectivity index (χ0v) is 8.01. The molecule has 1 aromatic rings. The molecule has 0 radical (unpaired) electrons. The Labute approximate surface area is 82.1 Å². The van der Waals surface area contributed by atoms with Gasteiger partial charge in [0.1, 0.15) is 18.0 Å². The molecule has 0 bridgehead atoms. The van der Waals surface area contributed by atoms with Crippen molar-refractivity contribution >= 4 is 18.3 Å². The molecule has 0 saturated heterocycles. The summed E-state index contributed by atoms with van der Waals surface area (Å²) in [5.41, 5.74) is 2.51. The van der Waals surface area contributed by atoms with E-state index in [4.69, 9.17) is 9.32 Å². The molecular weight excluding hydrogens is 182 g/mol. The summed E-state index contributed by atoms with van der Waals surface area (Å²) in [5, 5.41) is 5.26. The largest absolute Gasteiger partial charge is 0.409 e. The van der Waals surface area contributed by atoms with E-state index in [0.29, 0.717) is 0 Å². The molecule has 0 aromatic heterocycles. The van der Waals surface area contributed by atoms with Crippen molar-refractivity contribution in [2.24, 2.45) is 5.14 Å². The summed E-state index contributed by atoms with van der Waals surface area (Å²) >= 11 is 0.894. The maximum atomic E-state index is 5.26. The Kier molecular flexibility index (Phi) is 2.57. The van der Waals surface area contributed by atoms with E-state index in [-0.39, 0.29) is 0 Å². The number of nitrogens with two attached hydrogens (primary N) is 1. The van der Waals surface area contributed by atoms with Gasteiger partial charge in [-0.05, 0) is 24.5 Å². The van der Waals surface area contributed by atoms with Crippen LogP contribution in [0, 0.1) is 0 Å². The summed E-state index contributed by atoms with van der Waals surface area (Å²) in [7, 11) is 0. The Morgan fingerprint density at radius 2 is 2.31 bits per heavy atom. The van der Waals surface area contributed by atoms with Crippen LogP contribution in [0.5, 0.6) is 5.75 Å². The highest BCUT2D eigenvalue weighted by Gasteiger charge is 2.09. The molecule has 0 atom stereocenters. The van der Waals surface area contributed by atoms with E-state index in [2.05, 4.69) is 18.2 Å². The Balaban J connectivity index is 2.42. The van der Waals surface area contributed by atoms with Gasteiger partial charge in [0.2, 0.25) is 0 Å². The first-order valence-electron chi connectivity index (χ1n) is 4.23. The third kappa shape index (κ3) is 1.71. The van der Waals surface area contributed by atoms with E-state index < -0.39 is 0 Å². The Hall–Kier alpha value is -0.930. The molecule has 2 rings (SSSR count). The summed E-state index contributed by atoms with van der Waals surface area (Å²) < 4.78 is 5.25. The fourth-order valence-electron chi connectivity index (χ4n) is 1.56. The quantitative estimate of drug-likeness (QED) is 0.579. The van der Waals surface area contributed by atoms with Gasteiger partial charge in [-0.3, -0.25) is 0 Å². The van der Waals surface area contributed by atoms with E-state index in [9.17, 15) is 0 Å². The van der Waals surface area contributed by atoms with E-state index in [1.807, 2.05) is 12.1 Å². The summed E-state index contributed by atoms with van der Waals surface area (Å²) in [6, 6.07) is 6.07. The molecule has 0 saturated carbocycles. The van der Waals surface area contributed by atoms with Crippen LogP contribution in [0.25, 0.3) is 6.08 Å². The second-order valence-corrected chi connectivity index (χ2v) is 3.31. The predicted octanol–water partition coefficient (Wildman–Crippen LogP) is 2.55. The first-order valence-corrected chi connectivity index (χ1v) is 5.04. The van der Waals surface area contributed by atoms with Crippen molar-refractivity contribution in [2.45, 2.75) is 12.8 Å². The Morgan fingerprint density at radius 3 is 3.15 bits per heavy atom. The minimum Gasteiger partial charge on any atom is -0.409 e. The molecule has 0 aliphatic heterocycles. The Morgan fingerprint density at radius 1 is 1.38 bits per heavy atom. The average Bonchev–Trinajstić information content (AvgIpc) is 2.19. The first-order chi connectivity index (χ1) is 6.42. The molecule has 2 N–H and O–H groups in total. The number of aryl methyl sites for hydroxylation is 1. The van der Waals surface area contributed by atoms with E-state index in [0.717, 1.165) is 30.8 Å². The Bertz CT molecular complexity index is 336. The second kappa shape index (κ2) is 3.85. The van der Waals surface area contributed by atoms with Gasteiger partial charge in [-0.1, -0.05) is 24.3 Å². The van der Waals surface area contributed by atoms with Gasteiger partial charge in [0.25, 0.3) is 0 Å². The highest BCUT2D eigenvalue weighted by atomic mass is 32.2. The molecule has 2 nitrogen and oxygen atoms in total. The fourth-order valence-corrected chi connectivity index (χ4v) is 1.81. The second-order valence-electron chi connectivity index (χ2n) is 2.95. The topological polar surface area (TPSA) is 35.2 Å². The maximum absolute atomic E-state index is 5.26. The van der Waals surface area contributed by atoms with Crippen LogP contribution in [0.15, 0.2) is 24.3 Å². The average molecular weight is 193 g/mol. The number of hydrogen-bond acceptors (Lipinski definition) is 3. The number of hydrogen-bond donors (Lipinski definition) is 1. The van der Waals surface area contributed by atoms with Crippen LogP contribution in [-0.2, 0) is 6.42 Å². The van der Waals surface area contributed by atoms with Crippen LogP contribution < -0.4 is 9.32 Å².